The van der Waals surface area contributed by atoms with Crippen molar-refractivity contribution in [3.05, 3.63) is 198 Å². The number of nitriles is 1. The van der Waals surface area contributed by atoms with Crippen molar-refractivity contribution in [2.75, 3.05) is 0 Å². The second-order valence-electron chi connectivity index (χ2n) is 13.0. The predicted molar refractivity (Wildman–Crippen MR) is 208 cm³/mol. The van der Waals surface area contributed by atoms with E-state index in [-0.39, 0.29) is 0 Å². The predicted octanol–water partition coefficient (Wildman–Crippen LogP) is 11.2. The van der Waals surface area contributed by atoms with Crippen LogP contribution >= 0.6 is 11.8 Å². The average Bonchev–Trinajstić information content (AvgIpc) is 3.52. The molecule has 1 aliphatic carbocycles. The van der Waals surface area contributed by atoms with E-state index in [1.807, 2.05) is 84.6 Å². The van der Waals surface area contributed by atoms with Gasteiger partial charge in [0.2, 0.25) is 0 Å². The van der Waals surface area contributed by atoms with Crippen molar-refractivity contribution in [3.63, 3.8) is 0 Å². The monoisotopic (exact) mass is 680 g/mol. The Labute approximate surface area is 306 Å². The van der Waals surface area contributed by atoms with Crippen LogP contribution in [0.4, 0.5) is 0 Å². The molecule has 0 N–H and O–H groups in total. The van der Waals surface area contributed by atoms with Gasteiger partial charge < -0.3 is 0 Å². The van der Waals surface area contributed by atoms with Crippen LogP contribution in [-0.2, 0) is 5.41 Å². The summed E-state index contributed by atoms with van der Waals surface area (Å²) in [5.74, 6) is 1.85. The summed E-state index contributed by atoms with van der Waals surface area (Å²) in [4.78, 5) is 17.4. The molecule has 0 radical (unpaired) electrons. The number of hydrogen-bond donors (Lipinski definition) is 0. The molecule has 242 valence electrons. The summed E-state index contributed by atoms with van der Waals surface area (Å²) in [5.41, 5.74) is 11.8. The molecule has 10 rings (SSSR count). The third-order valence-corrected chi connectivity index (χ3v) is 11.4. The van der Waals surface area contributed by atoms with E-state index in [1.165, 1.54) is 26.5 Å². The van der Waals surface area contributed by atoms with E-state index >= 15 is 0 Å². The molecule has 0 amide bonds. The van der Waals surface area contributed by atoms with Gasteiger partial charge in [-0.05, 0) is 63.2 Å². The number of nitrogens with zero attached hydrogens (tertiary/aromatic N) is 4. The molecule has 8 aromatic rings. The van der Waals surface area contributed by atoms with Gasteiger partial charge in [0.05, 0.1) is 17.0 Å². The van der Waals surface area contributed by atoms with Crippen LogP contribution in [0.2, 0.25) is 0 Å². The van der Waals surface area contributed by atoms with E-state index < -0.39 is 5.41 Å². The molecule has 4 nitrogen and oxygen atoms in total. The Kier molecular flexibility index (Phi) is 6.99. The maximum absolute atomic E-state index is 10.6. The SMILES string of the molecule is N#Cc1cccc2c1-c1c(-c3cccc(-c4nc(-c5ccccc5)nc(-c5ccccc5)n4)c3)cccc1C21c2ccccc2Sc2ccccc21. The second kappa shape index (κ2) is 12.0. The fourth-order valence-electron chi connectivity index (χ4n) is 8.09. The zero-order valence-electron chi connectivity index (χ0n) is 27.9. The molecule has 1 aliphatic heterocycles. The maximum atomic E-state index is 10.6. The van der Waals surface area contributed by atoms with Gasteiger partial charge in [-0.25, -0.2) is 15.0 Å². The minimum atomic E-state index is -0.576. The molecule has 0 saturated heterocycles. The second-order valence-corrected chi connectivity index (χ2v) is 14.1. The summed E-state index contributed by atoms with van der Waals surface area (Å²) in [5, 5.41) is 10.6. The van der Waals surface area contributed by atoms with Crippen LogP contribution in [0.15, 0.2) is 180 Å². The lowest BCUT2D eigenvalue weighted by molar-refractivity contribution is 0.722. The highest BCUT2D eigenvalue weighted by Gasteiger charge is 2.51. The van der Waals surface area contributed by atoms with Crippen molar-refractivity contribution < 1.29 is 0 Å². The Balaban J connectivity index is 1.22. The summed E-state index contributed by atoms with van der Waals surface area (Å²) in [6.45, 7) is 0. The van der Waals surface area contributed by atoms with Crippen molar-refractivity contribution in [2.45, 2.75) is 15.2 Å². The zero-order chi connectivity index (χ0) is 34.6. The van der Waals surface area contributed by atoms with Crippen LogP contribution in [0.5, 0.6) is 0 Å². The van der Waals surface area contributed by atoms with Crippen LogP contribution in [0, 0.1) is 11.3 Å². The van der Waals surface area contributed by atoms with Crippen molar-refractivity contribution >= 4 is 11.8 Å². The molecule has 2 aliphatic rings. The first-order chi connectivity index (χ1) is 25.7. The summed E-state index contributed by atoms with van der Waals surface area (Å²) < 4.78 is 0. The highest BCUT2D eigenvalue weighted by molar-refractivity contribution is 7.99. The van der Waals surface area contributed by atoms with E-state index in [0.29, 0.717) is 23.0 Å². The maximum Gasteiger partial charge on any atom is 0.164 e. The van der Waals surface area contributed by atoms with Crippen molar-refractivity contribution in [2.24, 2.45) is 0 Å². The average molecular weight is 681 g/mol. The van der Waals surface area contributed by atoms with Gasteiger partial charge in [-0.15, -0.1) is 0 Å². The molecular weight excluding hydrogens is 653 g/mol. The zero-order valence-corrected chi connectivity index (χ0v) is 28.7. The summed E-state index contributed by atoms with van der Waals surface area (Å²) in [6.07, 6.45) is 0. The molecule has 52 heavy (non-hydrogen) atoms. The van der Waals surface area contributed by atoms with E-state index in [4.69, 9.17) is 15.0 Å². The lowest BCUT2D eigenvalue weighted by Gasteiger charge is -2.39. The molecule has 0 bridgehead atoms. The topological polar surface area (TPSA) is 62.5 Å². The quantitative estimate of drug-likeness (QED) is 0.185. The van der Waals surface area contributed by atoms with Gasteiger partial charge in [0.25, 0.3) is 0 Å². The molecule has 1 spiro atoms. The summed E-state index contributed by atoms with van der Waals surface area (Å²) in [6, 6.07) is 61.4. The smallest absolute Gasteiger partial charge is 0.164 e. The van der Waals surface area contributed by atoms with Gasteiger partial charge in [0.15, 0.2) is 17.5 Å². The lowest BCUT2D eigenvalue weighted by Crippen LogP contribution is -2.31. The van der Waals surface area contributed by atoms with Crippen molar-refractivity contribution in [1.29, 1.82) is 5.26 Å². The standard InChI is InChI=1S/C47H28N4S/c48-29-34-20-12-24-38-42(34)43-35(21-13-25-39(43)47(38)36-22-7-9-26-40(36)52-41-27-10-8-23-37(41)47)32-18-11-19-33(28-32)46-50-44(30-14-3-1-4-15-30)49-45(51-46)31-16-5-2-6-17-31/h1-28H. The molecule has 5 heteroatoms. The molecule has 0 saturated carbocycles. The Morgan fingerprint density at radius 1 is 0.423 bits per heavy atom. The number of fused-ring (bicyclic) bond motifs is 9. The third kappa shape index (κ3) is 4.52. The van der Waals surface area contributed by atoms with Gasteiger partial charge in [0.1, 0.15) is 0 Å². The van der Waals surface area contributed by atoms with Gasteiger partial charge in [-0.3, -0.25) is 0 Å². The molecule has 0 atom stereocenters. The summed E-state index contributed by atoms with van der Waals surface area (Å²) in [7, 11) is 0. The normalized spacial score (nSPS) is 13.1. The number of aromatic nitrogens is 3. The minimum absolute atomic E-state index is 0.576. The van der Waals surface area contributed by atoms with E-state index in [1.54, 1.807) is 0 Å². The summed E-state index contributed by atoms with van der Waals surface area (Å²) >= 11 is 1.82. The third-order valence-electron chi connectivity index (χ3n) is 10.2. The lowest BCUT2D eigenvalue weighted by atomic mass is 9.67. The minimum Gasteiger partial charge on any atom is -0.208 e. The molecular formula is C47H28N4S. The van der Waals surface area contributed by atoms with Gasteiger partial charge in [0, 0.05) is 32.0 Å². The highest BCUT2D eigenvalue weighted by Crippen LogP contribution is 2.63. The Bertz CT molecular complexity index is 2630. The fourth-order valence-corrected chi connectivity index (χ4v) is 9.28. The Morgan fingerprint density at radius 2 is 0.885 bits per heavy atom. The van der Waals surface area contributed by atoms with Gasteiger partial charge in [-0.1, -0.05) is 157 Å². The number of benzene rings is 7. The molecule has 7 aromatic carbocycles. The van der Waals surface area contributed by atoms with Crippen molar-refractivity contribution in [1.82, 2.24) is 15.0 Å². The Hall–Kier alpha value is -6.61. The van der Waals surface area contributed by atoms with Crippen LogP contribution < -0.4 is 0 Å². The number of rotatable bonds is 4. The first-order valence-electron chi connectivity index (χ1n) is 17.3. The number of hydrogen-bond acceptors (Lipinski definition) is 5. The largest absolute Gasteiger partial charge is 0.208 e. The fraction of sp³-hybridized carbons (Fsp3) is 0.0213. The van der Waals surface area contributed by atoms with Crippen LogP contribution in [0.1, 0.15) is 27.8 Å². The van der Waals surface area contributed by atoms with E-state index in [2.05, 4.69) is 103 Å². The van der Waals surface area contributed by atoms with Crippen molar-refractivity contribution in [3.8, 4) is 62.5 Å². The van der Waals surface area contributed by atoms with E-state index in [0.717, 1.165) is 44.5 Å². The molecule has 0 unspecified atom stereocenters. The molecule has 1 aromatic heterocycles. The van der Waals surface area contributed by atoms with Crippen LogP contribution in [-0.4, -0.2) is 15.0 Å². The molecule has 0 fully saturated rings. The first-order valence-corrected chi connectivity index (χ1v) is 18.1. The molecule has 2 heterocycles. The highest BCUT2D eigenvalue weighted by atomic mass is 32.2. The van der Waals surface area contributed by atoms with Gasteiger partial charge >= 0.3 is 0 Å². The van der Waals surface area contributed by atoms with E-state index in [9.17, 15) is 5.26 Å². The Morgan fingerprint density at radius 3 is 1.50 bits per heavy atom. The van der Waals surface area contributed by atoms with Crippen LogP contribution in [0.25, 0.3) is 56.4 Å². The first kappa shape index (κ1) is 30.2. The van der Waals surface area contributed by atoms with Gasteiger partial charge in [-0.2, -0.15) is 5.26 Å². The van der Waals surface area contributed by atoms with Crippen LogP contribution in [0.3, 0.4) is 0 Å².